The van der Waals surface area contributed by atoms with Crippen LogP contribution in [0.25, 0.3) is 0 Å². The zero-order valence-electron chi connectivity index (χ0n) is 16.2. The largest absolute Gasteiger partial charge is 0.472 e. The van der Waals surface area contributed by atoms with Gasteiger partial charge in [0, 0.05) is 11.1 Å². The topological polar surface area (TPSA) is 67.8 Å². The van der Waals surface area contributed by atoms with Crippen molar-refractivity contribution in [2.75, 3.05) is 13.2 Å². The summed E-state index contributed by atoms with van der Waals surface area (Å²) in [4.78, 5) is 8.56. The molecule has 14 heteroatoms. The Balaban J connectivity index is 0. The number of hydrogen-bond acceptors (Lipinski definition) is 4. The molecule has 0 saturated carbocycles. The quantitative estimate of drug-likeness (QED) is 0.394. The molecule has 0 aliphatic carbocycles. The van der Waals surface area contributed by atoms with Crippen molar-refractivity contribution in [1.82, 2.24) is 5.32 Å². The molecule has 0 saturated heterocycles. The summed E-state index contributed by atoms with van der Waals surface area (Å²) in [6, 6.07) is 0. The molecule has 0 spiro atoms. The maximum absolute atomic E-state index is 12.2. The molecule has 5 nitrogen and oxygen atoms in total. The van der Waals surface area contributed by atoms with Gasteiger partial charge in [-0.2, -0.15) is 17.6 Å². The molecule has 0 aromatic heterocycles. The van der Waals surface area contributed by atoms with E-state index in [2.05, 4.69) is 55.9 Å². The van der Waals surface area contributed by atoms with E-state index in [1.807, 2.05) is 0 Å². The molecular formula is C14H26F8NO4P. The maximum atomic E-state index is 12.2. The molecule has 0 rings (SSSR count). The van der Waals surface area contributed by atoms with E-state index in [4.69, 9.17) is 4.89 Å². The van der Waals surface area contributed by atoms with Gasteiger partial charge in [0.05, 0.1) is 0 Å². The first-order valence-corrected chi connectivity index (χ1v) is 9.23. The van der Waals surface area contributed by atoms with Crippen LogP contribution in [0.15, 0.2) is 0 Å². The van der Waals surface area contributed by atoms with Gasteiger partial charge in [0.15, 0.2) is 0 Å². The predicted molar refractivity (Wildman–Crippen MR) is 86.3 cm³/mol. The monoisotopic (exact) mass is 455 g/mol. The van der Waals surface area contributed by atoms with Crippen LogP contribution in [0.1, 0.15) is 41.5 Å². The SMILES string of the molecule is CC(C)(C)NC(C)(C)C.O=P(O)(OCC(F)(F)C(F)F)OCC(F)(F)C(F)F. The molecule has 0 atom stereocenters. The van der Waals surface area contributed by atoms with Crippen LogP contribution < -0.4 is 5.32 Å². The molecule has 0 aliphatic heterocycles. The molecule has 172 valence electrons. The molecule has 0 aliphatic rings. The van der Waals surface area contributed by atoms with Crippen molar-refractivity contribution >= 4 is 7.82 Å². The zero-order chi connectivity index (χ0) is 23.2. The average molecular weight is 455 g/mol. The fourth-order valence-corrected chi connectivity index (χ4v) is 2.37. The second kappa shape index (κ2) is 10.5. The maximum Gasteiger partial charge on any atom is 0.472 e. The number of alkyl halides is 8. The van der Waals surface area contributed by atoms with Crippen molar-refractivity contribution in [3.05, 3.63) is 0 Å². The molecule has 2 N–H and O–H groups in total. The predicted octanol–water partition coefficient (Wildman–Crippen LogP) is 5.09. The molecule has 0 amide bonds. The number of rotatable bonds is 8. The highest BCUT2D eigenvalue weighted by atomic mass is 31.2. The van der Waals surface area contributed by atoms with E-state index in [1.54, 1.807) is 0 Å². The summed E-state index contributed by atoms with van der Waals surface area (Å²) in [5.74, 6) is -9.65. The van der Waals surface area contributed by atoms with Crippen LogP contribution in [0, 0.1) is 0 Å². The number of nitrogens with one attached hydrogen (secondary N) is 1. The lowest BCUT2D eigenvalue weighted by Gasteiger charge is -2.31. The van der Waals surface area contributed by atoms with E-state index < -0.39 is 45.7 Å². The van der Waals surface area contributed by atoms with Crippen molar-refractivity contribution in [3.63, 3.8) is 0 Å². The van der Waals surface area contributed by atoms with E-state index in [0.29, 0.717) is 0 Å². The Morgan fingerprint density at radius 3 is 1.18 bits per heavy atom. The van der Waals surface area contributed by atoms with Crippen LogP contribution in [0.2, 0.25) is 0 Å². The van der Waals surface area contributed by atoms with Crippen LogP contribution in [-0.2, 0) is 13.6 Å². The Morgan fingerprint density at radius 1 is 0.786 bits per heavy atom. The van der Waals surface area contributed by atoms with Crippen LogP contribution in [0.5, 0.6) is 0 Å². The minimum Gasteiger partial charge on any atom is -0.307 e. The van der Waals surface area contributed by atoms with Crippen LogP contribution in [0.3, 0.4) is 0 Å². The zero-order valence-corrected chi connectivity index (χ0v) is 17.1. The highest BCUT2D eigenvalue weighted by molar-refractivity contribution is 7.47. The average Bonchev–Trinajstić information content (AvgIpc) is 2.40. The molecule has 0 radical (unpaired) electrons. The van der Waals surface area contributed by atoms with Gasteiger partial charge in [-0.05, 0) is 41.5 Å². The summed E-state index contributed by atoms with van der Waals surface area (Å²) in [6.45, 7) is 8.46. The second-order valence-corrected chi connectivity index (χ2v) is 9.22. The van der Waals surface area contributed by atoms with Gasteiger partial charge in [-0.15, -0.1) is 0 Å². The van der Waals surface area contributed by atoms with Gasteiger partial charge in [-0.3, -0.25) is 9.05 Å². The first-order valence-electron chi connectivity index (χ1n) is 7.74. The first kappa shape index (κ1) is 29.7. The van der Waals surface area contributed by atoms with Crippen LogP contribution >= 0.6 is 7.82 Å². The van der Waals surface area contributed by atoms with Gasteiger partial charge < -0.3 is 10.2 Å². The van der Waals surface area contributed by atoms with Crippen molar-refractivity contribution in [2.24, 2.45) is 0 Å². The molecule has 28 heavy (non-hydrogen) atoms. The number of hydrogen-bond donors (Lipinski definition) is 2. The third kappa shape index (κ3) is 15.4. The lowest BCUT2D eigenvalue weighted by atomic mass is 10.0. The molecule has 0 unspecified atom stereocenters. The highest BCUT2D eigenvalue weighted by Gasteiger charge is 2.46. The van der Waals surface area contributed by atoms with E-state index in [-0.39, 0.29) is 11.1 Å². The van der Waals surface area contributed by atoms with Crippen molar-refractivity contribution in [2.45, 2.75) is 77.3 Å². The van der Waals surface area contributed by atoms with Gasteiger partial charge in [0.2, 0.25) is 0 Å². The highest BCUT2D eigenvalue weighted by Crippen LogP contribution is 2.46. The summed E-state index contributed by atoms with van der Waals surface area (Å²) in [7, 11) is -5.59. The Kier molecular flexibility index (Phi) is 11.2. The summed E-state index contributed by atoms with van der Waals surface area (Å²) >= 11 is 0. The van der Waals surface area contributed by atoms with E-state index in [1.165, 1.54) is 0 Å². The van der Waals surface area contributed by atoms with Gasteiger partial charge in [-0.25, -0.2) is 22.1 Å². The molecule has 0 heterocycles. The summed E-state index contributed by atoms with van der Waals surface area (Å²) in [6.07, 6.45) is -8.48. The Hall–Kier alpha value is -0.490. The number of halogens is 8. The fourth-order valence-electron chi connectivity index (χ4n) is 1.62. The second-order valence-electron chi connectivity index (χ2n) is 7.76. The van der Waals surface area contributed by atoms with Crippen LogP contribution in [0.4, 0.5) is 35.1 Å². The summed E-state index contributed by atoms with van der Waals surface area (Å²) < 4.78 is 113. The molecular weight excluding hydrogens is 429 g/mol. The first-order chi connectivity index (χ1) is 12.0. The summed E-state index contributed by atoms with van der Waals surface area (Å²) in [5.41, 5.74) is 0.469. The molecule has 0 aromatic rings. The Bertz CT molecular complexity index is 467. The standard InChI is InChI=1S/C8H19N.C6H7F8O4P/c1-7(2,3)9-8(4,5)6;7-3(8)5(11,12)1-17-19(15,16)18-2-6(13,14)4(9)10/h9H,1-6H3;3-4H,1-2H2,(H,15,16). The van der Waals surface area contributed by atoms with Gasteiger partial charge in [-0.1, -0.05) is 0 Å². The van der Waals surface area contributed by atoms with E-state index in [9.17, 15) is 39.7 Å². The van der Waals surface area contributed by atoms with Crippen LogP contribution in [-0.4, -0.2) is 53.9 Å². The fraction of sp³-hybridized carbons (Fsp3) is 1.00. The lowest BCUT2D eigenvalue weighted by Crippen LogP contribution is -2.48. The third-order valence-electron chi connectivity index (χ3n) is 2.23. The molecule has 0 aromatic carbocycles. The van der Waals surface area contributed by atoms with Crippen molar-refractivity contribution in [1.29, 1.82) is 0 Å². The van der Waals surface area contributed by atoms with Crippen molar-refractivity contribution in [3.8, 4) is 0 Å². The normalized spacial score (nSPS) is 14.3. The smallest absolute Gasteiger partial charge is 0.307 e. The summed E-state index contributed by atoms with van der Waals surface area (Å²) in [5, 5.41) is 3.46. The number of phosphoric ester groups is 1. The Labute approximate surface area is 158 Å². The minimum absolute atomic E-state index is 0.234. The molecule has 0 fully saturated rings. The van der Waals surface area contributed by atoms with Gasteiger partial charge >= 0.3 is 32.5 Å². The Morgan fingerprint density at radius 2 is 1.04 bits per heavy atom. The lowest BCUT2D eigenvalue weighted by molar-refractivity contribution is -0.161. The minimum atomic E-state index is -5.59. The number of phosphoric acid groups is 1. The van der Waals surface area contributed by atoms with Gasteiger partial charge in [0.25, 0.3) is 0 Å². The van der Waals surface area contributed by atoms with Gasteiger partial charge in [0.1, 0.15) is 13.2 Å². The molecule has 0 bridgehead atoms. The van der Waals surface area contributed by atoms with Crippen molar-refractivity contribution < 1.29 is 53.6 Å². The van der Waals surface area contributed by atoms with E-state index in [0.717, 1.165) is 0 Å². The van der Waals surface area contributed by atoms with E-state index >= 15 is 0 Å². The third-order valence-corrected chi connectivity index (χ3v) is 3.14.